The molecule has 2 aromatic rings. The molecule has 3 atom stereocenters. The van der Waals surface area contributed by atoms with Gasteiger partial charge in [-0.25, -0.2) is 9.59 Å². The quantitative estimate of drug-likeness (QED) is 0.532. The van der Waals surface area contributed by atoms with Crippen LogP contribution in [-0.2, 0) is 14.3 Å². The molecular weight excluding hydrogens is 420 g/mol. The molecule has 4 rings (SSSR count). The number of carbonyl (C=O) groups excluding carboxylic acids is 2. The average Bonchev–Trinajstić information content (AvgIpc) is 3.40. The Morgan fingerprint density at radius 3 is 2.27 bits per heavy atom. The predicted molar refractivity (Wildman–Crippen MR) is 124 cm³/mol. The number of nitrogens with one attached hydrogen (secondary N) is 2. The fraction of sp³-hybridized carbons (Fsp3) is 0.346. The Morgan fingerprint density at radius 1 is 1.03 bits per heavy atom. The van der Waals surface area contributed by atoms with E-state index in [1.165, 1.54) is 0 Å². The highest BCUT2D eigenvalue weighted by molar-refractivity contribution is 5.86. The third kappa shape index (κ3) is 4.92. The zero-order valence-corrected chi connectivity index (χ0v) is 18.5. The van der Waals surface area contributed by atoms with Crippen molar-refractivity contribution >= 4 is 18.0 Å². The minimum Gasteiger partial charge on any atom is -0.480 e. The molecule has 3 unspecified atom stereocenters. The van der Waals surface area contributed by atoms with E-state index in [1.54, 1.807) is 12.2 Å². The number of carboxylic acids is 1. The number of aliphatic carboxylic acids is 1. The molecule has 3 N–H and O–H groups in total. The molecule has 2 aliphatic carbocycles. The van der Waals surface area contributed by atoms with Crippen molar-refractivity contribution in [1.82, 2.24) is 10.6 Å². The molecule has 172 valence electrons. The molecule has 7 nitrogen and oxygen atoms in total. The zero-order valence-electron chi connectivity index (χ0n) is 18.5. The van der Waals surface area contributed by atoms with Crippen molar-refractivity contribution in [3.8, 4) is 11.1 Å². The van der Waals surface area contributed by atoms with Crippen LogP contribution in [0, 0.1) is 5.92 Å². The Balaban J connectivity index is 1.30. The lowest BCUT2D eigenvalue weighted by atomic mass is 9.98. The highest BCUT2D eigenvalue weighted by Gasteiger charge is 2.31. The maximum Gasteiger partial charge on any atom is 0.407 e. The molecule has 0 saturated heterocycles. The van der Waals surface area contributed by atoms with Gasteiger partial charge in [0.15, 0.2) is 0 Å². The predicted octanol–water partition coefficient (Wildman–Crippen LogP) is 3.84. The minimum atomic E-state index is -1.04. The first-order valence-electron chi connectivity index (χ1n) is 11.3. The Labute approximate surface area is 192 Å². The molecule has 2 amide bonds. The molecule has 0 aliphatic heterocycles. The van der Waals surface area contributed by atoms with Crippen LogP contribution in [-0.4, -0.2) is 41.8 Å². The third-order valence-electron chi connectivity index (χ3n) is 6.26. The molecule has 2 aromatic carbocycles. The standard InChI is InChI=1S/C26H28N2O5/c1-2-7-23(25(30)31)28-24(29)16-12-13-17(14-16)27-26(32)33-15-22-20-10-5-3-8-18(20)19-9-4-6-11-21(19)22/h3-6,8-13,16-17,22-23H,2,7,14-15H2,1H3,(H,27,32)(H,28,29)(H,30,31). The van der Waals surface area contributed by atoms with Crippen LogP contribution in [0.4, 0.5) is 4.79 Å². The van der Waals surface area contributed by atoms with Gasteiger partial charge in [-0.2, -0.15) is 0 Å². The first-order chi connectivity index (χ1) is 16.0. The zero-order chi connectivity index (χ0) is 23.4. The van der Waals surface area contributed by atoms with E-state index in [0.29, 0.717) is 19.3 Å². The van der Waals surface area contributed by atoms with Crippen molar-refractivity contribution < 1.29 is 24.2 Å². The van der Waals surface area contributed by atoms with E-state index in [-0.39, 0.29) is 24.5 Å². The van der Waals surface area contributed by atoms with E-state index < -0.39 is 24.0 Å². The minimum absolute atomic E-state index is 0.0210. The first kappa shape index (κ1) is 22.6. The number of rotatable bonds is 8. The molecular formula is C26H28N2O5. The summed E-state index contributed by atoms with van der Waals surface area (Å²) in [7, 11) is 0. The summed E-state index contributed by atoms with van der Waals surface area (Å²) in [5.74, 6) is -1.89. The second kappa shape index (κ2) is 9.90. The number of hydrogen-bond acceptors (Lipinski definition) is 4. The van der Waals surface area contributed by atoms with E-state index in [1.807, 2.05) is 31.2 Å². The van der Waals surface area contributed by atoms with Crippen LogP contribution in [0.2, 0.25) is 0 Å². The molecule has 7 heteroatoms. The number of carbonyl (C=O) groups is 3. The van der Waals surface area contributed by atoms with Crippen LogP contribution >= 0.6 is 0 Å². The topological polar surface area (TPSA) is 105 Å². The largest absolute Gasteiger partial charge is 0.480 e. The van der Waals surface area contributed by atoms with Crippen LogP contribution < -0.4 is 10.6 Å². The smallest absolute Gasteiger partial charge is 0.407 e. The fourth-order valence-electron chi connectivity index (χ4n) is 4.62. The van der Waals surface area contributed by atoms with Crippen LogP contribution in [0.25, 0.3) is 11.1 Å². The van der Waals surface area contributed by atoms with Gasteiger partial charge in [0, 0.05) is 5.92 Å². The van der Waals surface area contributed by atoms with Gasteiger partial charge in [-0.3, -0.25) is 4.79 Å². The summed E-state index contributed by atoms with van der Waals surface area (Å²) in [6.07, 6.45) is 4.31. The number of hydrogen-bond donors (Lipinski definition) is 3. The summed E-state index contributed by atoms with van der Waals surface area (Å²) in [6, 6.07) is 15.0. The molecule has 0 saturated carbocycles. The van der Waals surface area contributed by atoms with Gasteiger partial charge in [0.2, 0.25) is 5.91 Å². The lowest BCUT2D eigenvalue weighted by Crippen LogP contribution is -2.43. The van der Waals surface area contributed by atoms with Crippen molar-refractivity contribution in [2.75, 3.05) is 6.61 Å². The van der Waals surface area contributed by atoms with Crippen LogP contribution in [0.15, 0.2) is 60.7 Å². The summed E-state index contributed by atoms with van der Waals surface area (Å²) in [5.41, 5.74) is 4.61. The van der Waals surface area contributed by atoms with Gasteiger partial charge >= 0.3 is 12.1 Å². The Morgan fingerprint density at radius 2 is 1.67 bits per heavy atom. The summed E-state index contributed by atoms with van der Waals surface area (Å²) >= 11 is 0. The second-order valence-electron chi connectivity index (χ2n) is 8.49. The van der Waals surface area contributed by atoms with Gasteiger partial charge in [0.25, 0.3) is 0 Å². The van der Waals surface area contributed by atoms with Gasteiger partial charge in [-0.05, 0) is 35.1 Å². The monoisotopic (exact) mass is 448 g/mol. The van der Waals surface area contributed by atoms with Crippen LogP contribution in [0.3, 0.4) is 0 Å². The van der Waals surface area contributed by atoms with Gasteiger partial charge in [-0.1, -0.05) is 74.0 Å². The number of amides is 2. The van der Waals surface area contributed by atoms with E-state index in [4.69, 9.17) is 4.74 Å². The lowest BCUT2D eigenvalue weighted by Gasteiger charge is -2.18. The molecule has 0 aromatic heterocycles. The van der Waals surface area contributed by atoms with Crippen molar-refractivity contribution in [1.29, 1.82) is 0 Å². The Hall–Kier alpha value is -3.61. The van der Waals surface area contributed by atoms with Crippen LogP contribution in [0.1, 0.15) is 43.2 Å². The molecule has 33 heavy (non-hydrogen) atoms. The van der Waals surface area contributed by atoms with E-state index in [0.717, 1.165) is 22.3 Å². The first-order valence-corrected chi connectivity index (χ1v) is 11.3. The molecule has 0 bridgehead atoms. The molecule has 0 fully saturated rings. The van der Waals surface area contributed by atoms with E-state index >= 15 is 0 Å². The highest BCUT2D eigenvalue weighted by Crippen LogP contribution is 2.44. The van der Waals surface area contributed by atoms with Crippen molar-refractivity contribution in [3.05, 3.63) is 71.8 Å². The maximum absolute atomic E-state index is 12.5. The van der Waals surface area contributed by atoms with Crippen molar-refractivity contribution in [2.45, 2.75) is 44.2 Å². The Bertz CT molecular complexity index is 1030. The van der Waals surface area contributed by atoms with Gasteiger partial charge in [0.05, 0.1) is 12.0 Å². The van der Waals surface area contributed by atoms with Crippen LogP contribution in [0.5, 0.6) is 0 Å². The third-order valence-corrected chi connectivity index (χ3v) is 6.26. The number of benzene rings is 2. The van der Waals surface area contributed by atoms with Gasteiger partial charge < -0.3 is 20.5 Å². The molecule has 2 aliphatic rings. The molecule has 0 heterocycles. The van der Waals surface area contributed by atoms with E-state index in [9.17, 15) is 19.5 Å². The van der Waals surface area contributed by atoms with Gasteiger partial charge in [-0.15, -0.1) is 0 Å². The van der Waals surface area contributed by atoms with Gasteiger partial charge in [0.1, 0.15) is 12.6 Å². The fourth-order valence-corrected chi connectivity index (χ4v) is 4.62. The summed E-state index contributed by atoms with van der Waals surface area (Å²) in [6.45, 7) is 2.09. The highest BCUT2D eigenvalue weighted by atomic mass is 16.5. The summed E-state index contributed by atoms with van der Waals surface area (Å²) < 4.78 is 5.56. The maximum atomic E-state index is 12.5. The lowest BCUT2D eigenvalue weighted by molar-refractivity contribution is -0.142. The molecule has 0 radical (unpaired) electrons. The number of ether oxygens (including phenoxy) is 1. The average molecular weight is 449 g/mol. The second-order valence-corrected chi connectivity index (χ2v) is 8.49. The van der Waals surface area contributed by atoms with E-state index in [2.05, 4.69) is 34.9 Å². The molecule has 0 spiro atoms. The number of carboxylic acid groups (broad SMARTS) is 1. The summed E-state index contributed by atoms with van der Waals surface area (Å²) in [5, 5.41) is 14.6. The number of alkyl carbamates (subject to hydrolysis) is 1. The number of fused-ring (bicyclic) bond motifs is 3. The van der Waals surface area contributed by atoms with Crippen molar-refractivity contribution in [3.63, 3.8) is 0 Å². The van der Waals surface area contributed by atoms with Crippen molar-refractivity contribution in [2.24, 2.45) is 5.92 Å². The normalized spacial score (nSPS) is 19.4. The SMILES string of the molecule is CCCC(NC(=O)C1C=CC(NC(=O)OCC2c3ccccc3-c3ccccc32)C1)C(=O)O. The summed E-state index contributed by atoms with van der Waals surface area (Å²) in [4.78, 5) is 36.2. The Kier molecular flexibility index (Phi) is 6.77.